The molecule has 0 fully saturated rings. The Kier molecular flexibility index (Phi) is 4.76. The number of benzene rings is 2. The summed E-state index contributed by atoms with van der Waals surface area (Å²) in [4.78, 5) is 4.43. The van der Waals surface area contributed by atoms with Crippen LogP contribution in [0.2, 0.25) is 0 Å². The number of rotatable bonds is 6. The van der Waals surface area contributed by atoms with Crippen LogP contribution in [0.5, 0.6) is 11.5 Å². The number of hydrogen-bond acceptors (Lipinski definition) is 7. The average Bonchev–Trinajstić information content (AvgIpc) is 3.39. The van der Waals surface area contributed by atoms with Gasteiger partial charge in [-0.2, -0.15) is 4.98 Å². The van der Waals surface area contributed by atoms with Gasteiger partial charge in [-0.05, 0) is 24.6 Å². The van der Waals surface area contributed by atoms with E-state index in [2.05, 4.69) is 51.6 Å². The second-order valence-corrected chi connectivity index (χ2v) is 6.28. The molecule has 8 nitrogen and oxygen atoms in total. The topological polar surface area (TPSA) is 88.1 Å². The van der Waals surface area contributed by atoms with Gasteiger partial charge in [0.25, 0.3) is 5.89 Å². The molecule has 0 saturated heterocycles. The fourth-order valence-electron chi connectivity index (χ4n) is 2.77. The van der Waals surface area contributed by atoms with Crippen LogP contribution in [0.3, 0.4) is 0 Å². The SMILES string of the molecule is COc1ccc(-c2nc(-c3cn(Cc4ccc(C)cc4)nn3)no2)c(OC)c1. The van der Waals surface area contributed by atoms with Crippen molar-refractivity contribution >= 4 is 0 Å². The van der Waals surface area contributed by atoms with Crippen LogP contribution in [0.25, 0.3) is 23.0 Å². The molecule has 0 atom stereocenters. The molecular formula is C20H19N5O3. The van der Waals surface area contributed by atoms with E-state index in [4.69, 9.17) is 14.0 Å². The molecule has 0 saturated carbocycles. The van der Waals surface area contributed by atoms with Crippen molar-refractivity contribution in [3.63, 3.8) is 0 Å². The molecular weight excluding hydrogens is 358 g/mol. The first-order valence-electron chi connectivity index (χ1n) is 8.68. The van der Waals surface area contributed by atoms with Crippen LogP contribution >= 0.6 is 0 Å². The molecule has 142 valence electrons. The van der Waals surface area contributed by atoms with Gasteiger partial charge in [0.05, 0.1) is 32.5 Å². The zero-order valence-electron chi connectivity index (χ0n) is 15.8. The minimum Gasteiger partial charge on any atom is -0.497 e. The van der Waals surface area contributed by atoms with E-state index in [9.17, 15) is 0 Å². The maximum Gasteiger partial charge on any atom is 0.262 e. The van der Waals surface area contributed by atoms with Gasteiger partial charge in [0.1, 0.15) is 11.5 Å². The zero-order valence-corrected chi connectivity index (χ0v) is 15.8. The Labute approximate surface area is 161 Å². The quantitative estimate of drug-likeness (QED) is 0.509. The summed E-state index contributed by atoms with van der Waals surface area (Å²) in [6.45, 7) is 2.67. The van der Waals surface area contributed by atoms with Crippen molar-refractivity contribution in [3.8, 4) is 34.5 Å². The summed E-state index contributed by atoms with van der Waals surface area (Å²) in [5.41, 5.74) is 3.57. The van der Waals surface area contributed by atoms with E-state index in [0.29, 0.717) is 41.0 Å². The molecule has 0 N–H and O–H groups in total. The Morgan fingerprint density at radius 1 is 1.04 bits per heavy atom. The highest BCUT2D eigenvalue weighted by Gasteiger charge is 2.17. The van der Waals surface area contributed by atoms with Crippen LogP contribution < -0.4 is 9.47 Å². The van der Waals surface area contributed by atoms with Crippen molar-refractivity contribution < 1.29 is 14.0 Å². The van der Waals surface area contributed by atoms with Crippen LogP contribution in [0.1, 0.15) is 11.1 Å². The molecule has 2 aromatic carbocycles. The van der Waals surface area contributed by atoms with Crippen molar-refractivity contribution in [3.05, 3.63) is 59.8 Å². The van der Waals surface area contributed by atoms with E-state index in [1.54, 1.807) is 37.2 Å². The van der Waals surface area contributed by atoms with Crippen LogP contribution in [0, 0.1) is 6.92 Å². The number of ether oxygens (including phenoxy) is 2. The van der Waals surface area contributed by atoms with Crippen molar-refractivity contribution in [1.29, 1.82) is 0 Å². The van der Waals surface area contributed by atoms with Gasteiger partial charge >= 0.3 is 0 Å². The Morgan fingerprint density at radius 2 is 1.86 bits per heavy atom. The summed E-state index contributed by atoms with van der Waals surface area (Å²) in [6, 6.07) is 13.7. The molecule has 0 radical (unpaired) electrons. The number of aryl methyl sites for hydroxylation is 1. The predicted molar refractivity (Wildman–Crippen MR) is 102 cm³/mol. The second-order valence-electron chi connectivity index (χ2n) is 6.28. The third-order valence-corrected chi connectivity index (χ3v) is 4.30. The lowest BCUT2D eigenvalue weighted by atomic mass is 10.1. The summed E-state index contributed by atoms with van der Waals surface area (Å²) >= 11 is 0. The summed E-state index contributed by atoms with van der Waals surface area (Å²) in [6.07, 6.45) is 1.79. The highest BCUT2D eigenvalue weighted by Crippen LogP contribution is 2.33. The van der Waals surface area contributed by atoms with E-state index in [0.717, 1.165) is 5.56 Å². The summed E-state index contributed by atoms with van der Waals surface area (Å²) in [5, 5.41) is 12.3. The van der Waals surface area contributed by atoms with Crippen LogP contribution in [-0.2, 0) is 6.54 Å². The second kappa shape index (κ2) is 7.51. The first-order chi connectivity index (χ1) is 13.7. The molecule has 2 aromatic heterocycles. The standard InChI is InChI=1S/C20H19N5O3/c1-13-4-6-14(7-5-13)11-25-12-17(22-24-25)19-21-20(28-23-19)16-9-8-15(26-2)10-18(16)27-3/h4-10,12H,11H2,1-3H3. The Balaban J connectivity index is 1.57. The normalized spacial score (nSPS) is 10.8. The lowest BCUT2D eigenvalue weighted by Gasteiger charge is -2.06. The van der Waals surface area contributed by atoms with Crippen molar-refractivity contribution in [2.45, 2.75) is 13.5 Å². The molecule has 0 aliphatic rings. The van der Waals surface area contributed by atoms with Crippen LogP contribution in [0.4, 0.5) is 0 Å². The van der Waals surface area contributed by atoms with E-state index in [-0.39, 0.29) is 0 Å². The van der Waals surface area contributed by atoms with E-state index >= 15 is 0 Å². The van der Waals surface area contributed by atoms with Gasteiger partial charge in [0.15, 0.2) is 5.69 Å². The molecule has 4 rings (SSSR count). The van der Waals surface area contributed by atoms with Crippen LogP contribution in [-0.4, -0.2) is 39.4 Å². The van der Waals surface area contributed by atoms with Gasteiger partial charge < -0.3 is 14.0 Å². The van der Waals surface area contributed by atoms with Crippen molar-refractivity contribution in [2.75, 3.05) is 14.2 Å². The molecule has 28 heavy (non-hydrogen) atoms. The number of hydrogen-bond donors (Lipinski definition) is 0. The van der Waals surface area contributed by atoms with Crippen LogP contribution in [0.15, 0.2) is 53.2 Å². The smallest absolute Gasteiger partial charge is 0.262 e. The maximum atomic E-state index is 5.40. The van der Waals surface area contributed by atoms with Gasteiger partial charge in [0.2, 0.25) is 5.82 Å². The predicted octanol–water partition coefficient (Wildman–Crippen LogP) is 3.37. The Morgan fingerprint density at radius 3 is 2.61 bits per heavy atom. The largest absolute Gasteiger partial charge is 0.497 e. The Hall–Kier alpha value is -3.68. The number of aromatic nitrogens is 5. The van der Waals surface area contributed by atoms with Gasteiger partial charge in [-0.1, -0.05) is 40.2 Å². The monoisotopic (exact) mass is 377 g/mol. The molecule has 0 bridgehead atoms. The highest BCUT2D eigenvalue weighted by atomic mass is 16.5. The lowest BCUT2D eigenvalue weighted by Crippen LogP contribution is -2.00. The van der Waals surface area contributed by atoms with Crippen molar-refractivity contribution in [1.82, 2.24) is 25.1 Å². The van der Waals surface area contributed by atoms with E-state index < -0.39 is 0 Å². The lowest BCUT2D eigenvalue weighted by molar-refractivity contribution is 0.391. The first-order valence-corrected chi connectivity index (χ1v) is 8.68. The molecule has 2 heterocycles. The summed E-state index contributed by atoms with van der Waals surface area (Å²) in [5.74, 6) is 1.96. The van der Waals surface area contributed by atoms with E-state index in [1.165, 1.54) is 5.56 Å². The molecule has 4 aromatic rings. The number of methoxy groups -OCH3 is 2. The molecule has 0 spiro atoms. The van der Waals surface area contributed by atoms with Gasteiger partial charge in [-0.25, -0.2) is 4.68 Å². The third-order valence-electron chi connectivity index (χ3n) is 4.30. The minimum absolute atomic E-state index is 0.336. The fraction of sp³-hybridized carbons (Fsp3) is 0.200. The molecule has 0 aliphatic heterocycles. The summed E-state index contributed by atoms with van der Waals surface area (Å²) < 4.78 is 17.8. The molecule has 0 amide bonds. The van der Waals surface area contributed by atoms with Gasteiger partial charge in [0, 0.05) is 6.07 Å². The zero-order chi connectivity index (χ0) is 19.5. The number of nitrogens with zero attached hydrogens (tertiary/aromatic N) is 5. The third kappa shape index (κ3) is 3.57. The first kappa shape index (κ1) is 17.7. The van der Waals surface area contributed by atoms with Gasteiger partial charge in [-0.3, -0.25) is 0 Å². The molecule has 8 heteroatoms. The van der Waals surface area contributed by atoms with Gasteiger partial charge in [-0.15, -0.1) is 5.10 Å². The fourth-order valence-corrected chi connectivity index (χ4v) is 2.77. The van der Waals surface area contributed by atoms with Crippen molar-refractivity contribution in [2.24, 2.45) is 0 Å². The summed E-state index contributed by atoms with van der Waals surface area (Å²) in [7, 11) is 3.17. The maximum absolute atomic E-state index is 5.40. The molecule has 0 aliphatic carbocycles. The Bertz CT molecular complexity index is 1090. The average molecular weight is 377 g/mol. The highest BCUT2D eigenvalue weighted by molar-refractivity contribution is 5.65. The van der Waals surface area contributed by atoms with E-state index in [1.807, 2.05) is 6.07 Å². The minimum atomic E-state index is 0.336. The molecule has 0 unspecified atom stereocenters.